The molecule has 1 aromatic rings. The fourth-order valence-corrected chi connectivity index (χ4v) is 5.62. The van der Waals surface area contributed by atoms with E-state index in [2.05, 4.69) is 19.9 Å². The van der Waals surface area contributed by atoms with Gasteiger partial charge in [-0.05, 0) is 45.2 Å². The number of guanidine groups is 1. The van der Waals surface area contributed by atoms with Gasteiger partial charge >= 0.3 is 0 Å². The van der Waals surface area contributed by atoms with E-state index in [-0.39, 0.29) is 5.41 Å². The van der Waals surface area contributed by atoms with E-state index in [4.69, 9.17) is 4.74 Å². The van der Waals surface area contributed by atoms with Crippen molar-refractivity contribution in [3.63, 3.8) is 0 Å². The molecule has 0 bridgehead atoms. The Morgan fingerprint density at radius 2 is 2.04 bits per heavy atom. The maximum atomic E-state index is 12.8. The highest BCUT2D eigenvalue weighted by atomic mass is 32.2. The van der Waals surface area contributed by atoms with Gasteiger partial charge in [0, 0.05) is 44.2 Å². The maximum absolute atomic E-state index is 12.8. The van der Waals surface area contributed by atoms with Gasteiger partial charge < -0.3 is 15.0 Å². The molecule has 1 unspecified atom stereocenters. The number of rotatable bonds is 4. The fourth-order valence-electron chi connectivity index (χ4n) is 3.96. The van der Waals surface area contributed by atoms with Gasteiger partial charge in [0.05, 0.1) is 11.5 Å². The van der Waals surface area contributed by atoms with Crippen molar-refractivity contribution in [3.05, 3.63) is 29.8 Å². The van der Waals surface area contributed by atoms with Crippen LogP contribution in [0, 0.1) is 5.41 Å². The molecule has 0 radical (unpaired) electrons. The minimum Gasteiger partial charge on any atom is -0.381 e. The predicted octanol–water partition coefficient (Wildman–Crippen LogP) is 1.95. The first-order valence-electron chi connectivity index (χ1n) is 9.79. The molecule has 0 amide bonds. The van der Waals surface area contributed by atoms with Crippen LogP contribution in [0.15, 0.2) is 34.2 Å². The second-order valence-corrected chi connectivity index (χ2v) is 10.5. The Bertz CT molecular complexity index is 824. The van der Waals surface area contributed by atoms with Crippen LogP contribution in [0.4, 0.5) is 0 Å². The van der Waals surface area contributed by atoms with Crippen LogP contribution in [0.25, 0.3) is 0 Å². The van der Waals surface area contributed by atoms with Crippen molar-refractivity contribution in [2.75, 3.05) is 33.4 Å². The Kier molecular flexibility index (Phi) is 6.03. The van der Waals surface area contributed by atoms with Crippen molar-refractivity contribution < 1.29 is 13.2 Å². The van der Waals surface area contributed by atoms with Crippen LogP contribution < -0.4 is 10.0 Å². The van der Waals surface area contributed by atoms with Crippen molar-refractivity contribution in [2.45, 2.75) is 50.6 Å². The highest BCUT2D eigenvalue weighted by Crippen LogP contribution is 2.38. The third-order valence-electron chi connectivity index (χ3n) is 5.27. The predicted molar refractivity (Wildman–Crippen MR) is 111 cm³/mol. The van der Waals surface area contributed by atoms with Gasteiger partial charge in [0.2, 0.25) is 10.0 Å². The summed E-state index contributed by atoms with van der Waals surface area (Å²) in [5, 5.41) is 3.35. The number of benzene rings is 1. The molecule has 2 aliphatic heterocycles. The number of nitrogens with zero attached hydrogens (tertiary/aromatic N) is 2. The smallest absolute Gasteiger partial charge is 0.241 e. The van der Waals surface area contributed by atoms with Crippen LogP contribution in [0.2, 0.25) is 0 Å². The molecule has 156 valence electrons. The summed E-state index contributed by atoms with van der Waals surface area (Å²) in [7, 11) is -1.83. The van der Waals surface area contributed by atoms with Crippen molar-refractivity contribution >= 4 is 16.0 Å². The first kappa shape index (κ1) is 21.1. The van der Waals surface area contributed by atoms with E-state index in [1.807, 2.05) is 32.9 Å². The second kappa shape index (κ2) is 8.00. The Hall–Kier alpha value is -1.64. The summed E-state index contributed by atoms with van der Waals surface area (Å²) >= 11 is 0. The average Bonchev–Trinajstić information content (AvgIpc) is 3.24. The molecular formula is C20H32N4O3S. The van der Waals surface area contributed by atoms with Crippen LogP contribution in [-0.2, 0) is 21.3 Å². The lowest BCUT2D eigenvalue weighted by molar-refractivity contribution is 0.156. The fraction of sp³-hybridized carbons (Fsp3) is 0.650. The Morgan fingerprint density at radius 1 is 1.29 bits per heavy atom. The number of hydrogen-bond acceptors (Lipinski definition) is 4. The molecule has 2 fully saturated rings. The number of hydrogen-bond donors (Lipinski definition) is 2. The number of sulfonamides is 1. The third-order valence-corrected chi connectivity index (χ3v) is 7.13. The van der Waals surface area contributed by atoms with Gasteiger partial charge in [-0.25, -0.2) is 13.1 Å². The number of aliphatic imine (C=N–C) groups is 1. The summed E-state index contributed by atoms with van der Waals surface area (Å²) in [6.45, 7) is 9.43. The maximum Gasteiger partial charge on any atom is 0.241 e. The molecule has 1 spiro atoms. The van der Waals surface area contributed by atoms with Gasteiger partial charge in [-0.1, -0.05) is 18.2 Å². The van der Waals surface area contributed by atoms with Crippen LogP contribution in [0.3, 0.4) is 0 Å². The number of likely N-dealkylation sites (tertiary alicyclic amines) is 1. The van der Waals surface area contributed by atoms with E-state index in [0.29, 0.717) is 11.4 Å². The van der Waals surface area contributed by atoms with Gasteiger partial charge in [-0.15, -0.1) is 0 Å². The molecule has 28 heavy (non-hydrogen) atoms. The average molecular weight is 409 g/mol. The van der Waals surface area contributed by atoms with Crippen LogP contribution >= 0.6 is 0 Å². The lowest BCUT2D eigenvalue weighted by Crippen LogP contribution is -2.42. The minimum absolute atomic E-state index is 0.246. The first-order valence-corrected chi connectivity index (χ1v) is 11.3. The van der Waals surface area contributed by atoms with Crippen LogP contribution in [0.5, 0.6) is 0 Å². The van der Waals surface area contributed by atoms with Gasteiger partial charge in [0.15, 0.2) is 5.96 Å². The monoisotopic (exact) mass is 408 g/mol. The van der Waals surface area contributed by atoms with Crippen LogP contribution in [-0.4, -0.2) is 58.2 Å². The first-order chi connectivity index (χ1) is 13.1. The normalized spacial score (nSPS) is 23.6. The van der Waals surface area contributed by atoms with Crippen molar-refractivity contribution in [1.82, 2.24) is 14.9 Å². The molecule has 0 aromatic heterocycles. The van der Waals surface area contributed by atoms with E-state index in [9.17, 15) is 8.42 Å². The summed E-state index contributed by atoms with van der Waals surface area (Å²) in [5.74, 6) is 0.805. The highest BCUT2D eigenvalue weighted by molar-refractivity contribution is 7.89. The van der Waals surface area contributed by atoms with Gasteiger partial charge in [-0.3, -0.25) is 4.99 Å². The highest BCUT2D eigenvalue weighted by Gasteiger charge is 2.42. The molecular weight excluding hydrogens is 376 g/mol. The largest absolute Gasteiger partial charge is 0.381 e. The molecule has 2 aliphatic rings. The lowest BCUT2D eigenvalue weighted by atomic mass is 9.87. The van der Waals surface area contributed by atoms with Crippen molar-refractivity contribution in [2.24, 2.45) is 10.4 Å². The Morgan fingerprint density at radius 3 is 2.68 bits per heavy atom. The van der Waals surface area contributed by atoms with E-state index in [1.54, 1.807) is 19.2 Å². The van der Waals surface area contributed by atoms with E-state index < -0.39 is 15.6 Å². The molecule has 0 saturated carbocycles. The zero-order chi connectivity index (χ0) is 20.4. The summed E-state index contributed by atoms with van der Waals surface area (Å²) < 4.78 is 34.0. The van der Waals surface area contributed by atoms with Crippen LogP contribution in [0.1, 0.15) is 39.2 Å². The summed E-state index contributed by atoms with van der Waals surface area (Å²) in [5.41, 5.74) is 0.427. The molecule has 7 nitrogen and oxygen atoms in total. The summed E-state index contributed by atoms with van der Waals surface area (Å²) in [6, 6.07) is 7.10. The van der Waals surface area contributed by atoms with E-state index in [1.165, 1.54) is 0 Å². The summed E-state index contributed by atoms with van der Waals surface area (Å²) in [4.78, 5) is 6.97. The zero-order valence-corrected chi connectivity index (χ0v) is 18.1. The van der Waals surface area contributed by atoms with Gasteiger partial charge in [-0.2, -0.15) is 0 Å². The van der Waals surface area contributed by atoms with Gasteiger partial charge in [0.25, 0.3) is 0 Å². The summed E-state index contributed by atoms with van der Waals surface area (Å²) in [6.07, 6.45) is 2.20. The van der Waals surface area contributed by atoms with Gasteiger partial charge in [0.1, 0.15) is 0 Å². The SMILES string of the molecule is CN=C(NCc1ccccc1S(=O)(=O)NC(C)(C)C)N1CCC2(CCOC2)C1. The molecule has 2 N–H and O–H groups in total. The van der Waals surface area contributed by atoms with E-state index in [0.717, 1.165) is 50.7 Å². The van der Waals surface area contributed by atoms with Crippen molar-refractivity contribution in [1.29, 1.82) is 0 Å². The second-order valence-electron chi connectivity index (χ2n) is 8.84. The zero-order valence-electron chi connectivity index (χ0n) is 17.3. The Labute approximate surface area is 168 Å². The topological polar surface area (TPSA) is 83.0 Å². The quantitative estimate of drug-likeness (QED) is 0.588. The third kappa shape index (κ3) is 4.85. The van der Waals surface area contributed by atoms with Crippen molar-refractivity contribution in [3.8, 4) is 0 Å². The number of nitrogens with one attached hydrogen (secondary N) is 2. The molecule has 1 aromatic carbocycles. The van der Waals surface area contributed by atoms with E-state index >= 15 is 0 Å². The molecule has 2 heterocycles. The lowest BCUT2D eigenvalue weighted by Gasteiger charge is -2.25. The standard InChI is InChI=1S/C20H32N4O3S/c1-19(2,3)23-28(25,26)17-8-6-5-7-16(17)13-22-18(21-4)24-11-9-20(14-24)10-12-27-15-20/h5-8,23H,9-15H2,1-4H3,(H,21,22). The molecule has 1 atom stereocenters. The minimum atomic E-state index is -3.60. The molecule has 2 saturated heterocycles. The molecule has 8 heteroatoms. The Balaban J connectivity index is 1.71. The molecule has 0 aliphatic carbocycles. The number of ether oxygens (including phenoxy) is 1. The molecule has 3 rings (SSSR count).